The van der Waals surface area contributed by atoms with Crippen LogP contribution in [0.5, 0.6) is 0 Å². The lowest BCUT2D eigenvalue weighted by Gasteiger charge is -2.28. The van der Waals surface area contributed by atoms with Crippen molar-refractivity contribution in [1.29, 1.82) is 0 Å². The van der Waals surface area contributed by atoms with Crippen molar-refractivity contribution in [3.05, 3.63) is 47.2 Å². The number of nitrogens with zero attached hydrogens (tertiary/aromatic N) is 1. The van der Waals surface area contributed by atoms with Gasteiger partial charge in [0.05, 0.1) is 0 Å². The Hall–Kier alpha value is -1.64. The van der Waals surface area contributed by atoms with Crippen LogP contribution in [0.15, 0.2) is 41.1 Å². The molecule has 2 rings (SSSR count). The van der Waals surface area contributed by atoms with E-state index < -0.39 is 12.2 Å². The van der Waals surface area contributed by atoms with Crippen molar-refractivity contribution < 1.29 is 9.13 Å². The van der Waals surface area contributed by atoms with Gasteiger partial charge >= 0.3 is 0 Å². The lowest BCUT2D eigenvalue weighted by atomic mass is 9.90. The van der Waals surface area contributed by atoms with Crippen LogP contribution in [0.1, 0.15) is 25.0 Å². The molecule has 0 aliphatic carbocycles. The number of halogens is 1. The Morgan fingerprint density at radius 3 is 2.76 bits per heavy atom. The minimum atomic E-state index is -0.603. The molecule has 0 radical (unpaired) electrons. The number of aryl methyl sites for hydroxylation is 1. The highest BCUT2D eigenvalue weighted by Crippen LogP contribution is 2.32. The molecule has 0 bridgehead atoms. The molecule has 0 spiro atoms. The molecule has 1 aliphatic rings. The van der Waals surface area contributed by atoms with Gasteiger partial charge in [-0.25, -0.2) is 9.38 Å². The van der Waals surface area contributed by atoms with Gasteiger partial charge in [0.2, 0.25) is 0 Å². The summed E-state index contributed by atoms with van der Waals surface area (Å²) in [6, 6.07) is 8.08. The van der Waals surface area contributed by atoms with Crippen LogP contribution in [0.3, 0.4) is 0 Å². The van der Waals surface area contributed by atoms with Crippen molar-refractivity contribution in [3.8, 4) is 0 Å². The van der Waals surface area contributed by atoms with Crippen LogP contribution < -0.4 is 0 Å². The number of hydrogen-bond acceptors (Lipinski definition) is 2. The highest BCUT2D eigenvalue weighted by atomic mass is 19.1. The van der Waals surface area contributed by atoms with E-state index >= 15 is 0 Å². The molecule has 2 nitrogen and oxygen atoms in total. The molecule has 0 aromatic heterocycles. The number of rotatable bonds is 2. The van der Waals surface area contributed by atoms with E-state index in [1.54, 1.807) is 13.0 Å². The van der Waals surface area contributed by atoms with Gasteiger partial charge in [-0.15, -0.1) is 0 Å². The minimum Gasteiger partial charge on any atom is -0.445 e. The van der Waals surface area contributed by atoms with E-state index in [1.807, 2.05) is 32.0 Å². The summed E-state index contributed by atoms with van der Waals surface area (Å²) in [6.07, 6.45) is 1.74. The lowest BCUT2D eigenvalue weighted by molar-refractivity contribution is 0.319. The monoisotopic (exact) mass is 233 g/mol. The normalized spacial score (nSPS) is 23.8. The Bertz CT molecular complexity index is 493. The van der Waals surface area contributed by atoms with E-state index in [-0.39, 0.29) is 0 Å². The Kier molecular flexibility index (Phi) is 3.01. The van der Waals surface area contributed by atoms with Crippen molar-refractivity contribution in [2.24, 2.45) is 4.99 Å². The van der Waals surface area contributed by atoms with Gasteiger partial charge in [-0.3, -0.25) is 0 Å². The molecule has 17 heavy (non-hydrogen) atoms. The highest BCUT2D eigenvalue weighted by Gasteiger charge is 2.28. The average Bonchev–Trinajstić information content (AvgIpc) is 2.28. The predicted octanol–water partition coefficient (Wildman–Crippen LogP) is 3.51. The van der Waals surface area contributed by atoms with Crippen molar-refractivity contribution in [1.82, 2.24) is 0 Å². The van der Waals surface area contributed by atoms with E-state index in [0.29, 0.717) is 11.7 Å². The van der Waals surface area contributed by atoms with E-state index in [4.69, 9.17) is 4.74 Å². The standard InChI is InChI=1S/C14H16FNO/c1-10-5-4-6-12(7-10)14(3)8-13(9-15)17-11(2)16-14/h4-8H,9H2,1-3H3/t14-/m0/s1. The largest absolute Gasteiger partial charge is 0.445 e. The summed E-state index contributed by atoms with van der Waals surface area (Å²) in [4.78, 5) is 4.48. The van der Waals surface area contributed by atoms with Crippen molar-refractivity contribution in [3.63, 3.8) is 0 Å². The van der Waals surface area contributed by atoms with Crippen LogP contribution in [0.4, 0.5) is 4.39 Å². The second kappa shape index (κ2) is 4.32. The molecule has 0 amide bonds. The fourth-order valence-electron chi connectivity index (χ4n) is 2.09. The zero-order chi connectivity index (χ0) is 12.5. The predicted molar refractivity (Wildman–Crippen MR) is 66.8 cm³/mol. The summed E-state index contributed by atoms with van der Waals surface area (Å²) in [6.45, 7) is 5.14. The summed E-state index contributed by atoms with van der Waals surface area (Å²) < 4.78 is 18.0. The summed E-state index contributed by atoms with van der Waals surface area (Å²) in [7, 11) is 0. The number of alkyl halides is 1. The lowest BCUT2D eigenvalue weighted by Crippen LogP contribution is -2.24. The molecule has 1 aromatic carbocycles. The van der Waals surface area contributed by atoms with Gasteiger partial charge in [0.1, 0.15) is 18.0 Å². The number of ether oxygens (including phenoxy) is 1. The third-order valence-corrected chi connectivity index (χ3v) is 2.84. The van der Waals surface area contributed by atoms with Crippen molar-refractivity contribution in [2.75, 3.05) is 6.67 Å². The third-order valence-electron chi connectivity index (χ3n) is 2.84. The second-order valence-electron chi connectivity index (χ2n) is 4.49. The number of benzene rings is 1. The Labute approximate surface area is 101 Å². The molecule has 0 N–H and O–H groups in total. The molecule has 0 unspecified atom stereocenters. The number of aliphatic imine (C=N–C) groups is 1. The van der Waals surface area contributed by atoms with Crippen LogP contribution in [0, 0.1) is 6.92 Å². The van der Waals surface area contributed by atoms with E-state index in [9.17, 15) is 4.39 Å². The van der Waals surface area contributed by atoms with Gasteiger partial charge in [0.15, 0.2) is 5.90 Å². The van der Waals surface area contributed by atoms with Gasteiger partial charge in [-0.1, -0.05) is 29.8 Å². The van der Waals surface area contributed by atoms with Crippen LogP contribution in [-0.4, -0.2) is 12.6 Å². The van der Waals surface area contributed by atoms with Crippen molar-refractivity contribution in [2.45, 2.75) is 26.3 Å². The fraction of sp³-hybridized carbons (Fsp3) is 0.357. The van der Waals surface area contributed by atoms with Crippen LogP contribution in [0.25, 0.3) is 0 Å². The van der Waals surface area contributed by atoms with Gasteiger partial charge in [0.25, 0.3) is 0 Å². The maximum atomic E-state index is 12.7. The first-order valence-electron chi connectivity index (χ1n) is 5.62. The van der Waals surface area contributed by atoms with E-state index in [0.717, 1.165) is 5.56 Å². The van der Waals surface area contributed by atoms with Gasteiger partial charge < -0.3 is 4.74 Å². The Morgan fingerprint density at radius 2 is 2.12 bits per heavy atom. The molecule has 3 heteroatoms. The first-order valence-corrected chi connectivity index (χ1v) is 5.62. The van der Waals surface area contributed by atoms with Crippen LogP contribution in [0.2, 0.25) is 0 Å². The fourth-order valence-corrected chi connectivity index (χ4v) is 2.09. The van der Waals surface area contributed by atoms with Gasteiger partial charge in [0, 0.05) is 6.92 Å². The number of allylic oxidation sites excluding steroid dienone is 1. The minimum absolute atomic E-state index is 0.335. The zero-order valence-corrected chi connectivity index (χ0v) is 10.3. The Balaban J connectivity index is 2.47. The SMILES string of the molecule is CC1=N[C@](C)(c2cccc(C)c2)C=C(CF)O1. The maximum Gasteiger partial charge on any atom is 0.187 e. The molecular formula is C14H16FNO. The molecule has 1 aliphatic heterocycles. The molecule has 0 fully saturated rings. The Morgan fingerprint density at radius 1 is 1.35 bits per heavy atom. The topological polar surface area (TPSA) is 21.6 Å². The molecule has 0 saturated carbocycles. The summed E-state index contributed by atoms with van der Waals surface area (Å²) in [5.74, 6) is 0.839. The summed E-state index contributed by atoms with van der Waals surface area (Å²) in [5, 5.41) is 0. The number of hydrogen-bond donors (Lipinski definition) is 0. The van der Waals surface area contributed by atoms with Gasteiger partial charge in [-0.05, 0) is 25.5 Å². The molecule has 90 valence electrons. The highest BCUT2D eigenvalue weighted by molar-refractivity contribution is 5.76. The van der Waals surface area contributed by atoms with E-state index in [2.05, 4.69) is 11.1 Å². The maximum absolute atomic E-state index is 12.7. The van der Waals surface area contributed by atoms with Crippen LogP contribution in [-0.2, 0) is 10.3 Å². The molecule has 1 heterocycles. The molecule has 0 saturated heterocycles. The van der Waals surface area contributed by atoms with E-state index in [1.165, 1.54) is 5.56 Å². The first-order chi connectivity index (χ1) is 8.03. The average molecular weight is 233 g/mol. The summed E-state index contributed by atoms with van der Waals surface area (Å²) >= 11 is 0. The molecular weight excluding hydrogens is 217 g/mol. The third kappa shape index (κ3) is 2.38. The van der Waals surface area contributed by atoms with Gasteiger partial charge in [-0.2, -0.15) is 0 Å². The van der Waals surface area contributed by atoms with Crippen LogP contribution >= 0.6 is 0 Å². The molecule has 1 atom stereocenters. The summed E-state index contributed by atoms with van der Waals surface area (Å²) in [5.41, 5.74) is 1.68. The smallest absolute Gasteiger partial charge is 0.187 e. The van der Waals surface area contributed by atoms with Crippen molar-refractivity contribution >= 4 is 5.90 Å². The second-order valence-corrected chi connectivity index (χ2v) is 4.49. The zero-order valence-electron chi connectivity index (χ0n) is 10.3. The quantitative estimate of drug-likeness (QED) is 0.766. The molecule has 1 aromatic rings. The first kappa shape index (κ1) is 11.8.